The molecule has 0 amide bonds. The Bertz CT molecular complexity index is 578. The minimum atomic E-state index is 0.802. The van der Waals surface area contributed by atoms with Gasteiger partial charge in [-0.2, -0.15) is 0 Å². The van der Waals surface area contributed by atoms with Crippen LogP contribution in [0.4, 0.5) is 0 Å². The van der Waals surface area contributed by atoms with Gasteiger partial charge in [-0.25, -0.2) is 0 Å². The monoisotopic (exact) mass is 273 g/mol. The van der Waals surface area contributed by atoms with Crippen LogP contribution in [0.15, 0.2) is 35.1 Å². The van der Waals surface area contributed by atoms with Crippen molar-refractivity contribution in [1.82, 2.24) is 4.90 Å². The van der Waals surface area contributed by atoms with E-state index in [1.807, 2.05) is 12.3 Å². The zero-order valence-electron chi connectivity index (χ0n) is 11.9. The molecule has 0 saturated heterocycles. The molecule has 2 aromatic rings. The van der Waals surface area contributed by atoms with Crippen LogP contribution in [0.25, 0.3) is 0 Å². The summed E-state index contributed by atoms with van der Waals surface area (Å²) < 4.78 is 15.9. The van der Waals surface area contributed by atoms with Crippen LogP contribution < -0.4 is 9.47 Å². The summed E-state index contributed by atoms with van der Waals surface area (Å²) in [5, 5.41) is 0. The first kappa shape index (κ1) is 13.1. The molecule has 20 heavy (non-hydrogen) atoms. The fourth-order valence-electron chi connectivity index (χ4n) is 2.72. The lowest BCUT2D eigenvalue weighted by Crippen LogP contribution is -2.29. The molecule has 0 bridgehead atoms. The van der Waals surface area contributed by atoms with Crippen LogP contribution in [0.1, 0.15) is 16.7 Å². The standard InChI is InChI=1S/C16H19NO3/c1-18-15-7-13-3-5-17(9-12-4-6-20-11-12)10-14(13)8-16(15)19-2/h4,6-8,11H,3,5,9-10H2,1-2H3. The largest absolute Gasteiger partial charge is 0.493 e. The Morgan fingerprint density at radius 2 is 1.90 bits per heavy atom. The zero-order valence-corrected chi connectivity index (χ0v) is 11.9. The second kappa shape index (κ2) is 5.59. The van der Waals surface area contributed by atoms with Crippen LogP contribution in [0.3, 0.4) is 0 Å². The topological polar surface area (TPSA) is 34.8 Å². The van der Waals surface area contributed by atoms with Crippen LogP contribution in [0.5, 0.6) is 11.5 Å². The van der Waals surface area contributed by atoms with E-state index in [4.69, 9.17) is 13.9 Å². The molecule has 0 aliphatic carbocycles. The Kier molecular flexibility index (Phi) is 3.65. The molecule has 3 rings (SSSR count). The highest BCUT2D eigenvalue weighted by atomic mass is 16.5. The van der Waals surface area contributed by atoms with Crippen molar-refractivity contribution >= 4 is 0 Å². The number of ether oxygens (including phenoxy) is 2. The van der Waals surface area contributed by atoms with Crippen molar-refractivity contribution < 1.29 is 13.9 Å². The van der Waals surface area contributed by atoms with E-state index in [-0.39, 0.29) is 0 Å². The van der Waals surface area contributed by atoms with Crippen molar-refractivity contribution in [3.63, 3.8) is 0 Å². The van der Waals surface area contributed by atoms with E-state index in [1.165, 1.54) is 16.7 Å². The van der Waals surface area contributed by atoms with Crippen molar-refractivity contribution in [2.75, 3.05) is 20.8 Å². The van der Waals surface area contributed by atoms with Gasteiger partial charge in [0.25, 0.3) is 0 Å². The van der Waals surface area contributed by atoms with Gasteiger partial charge in [0.1, 0.15) is 0 Å². The van der Waals surface area contributed by atoms with Crippen molar-refractivity contribution in [3.05, 3.63) is 47.4 Å². The smallest absolute Gasteiger partial charge is 0.161 e. The molecule has 0 atom stereocenters. The Morgan fingerprint density at radius 1 is 1.15 bits per heavy atom. The quantitative estimate of drug-likeness (QED) is 0.858. The number of rotatable bonds is 4. The predicted octanol–water partition coefficient (Wildman–Crippen LogP) is 2.86. The first-order valence-electron chi connectivity index (χ1n) is 6.77. The fourth-order valence-corrected chi connectivity index (χ4v) is 2.72. The summed E-state index contributed by atoms with van der Waals surface area (Å²) >= 11 is 0. The van der Waals surface area contributed by atoms with E-state index in [2.05, 4.69) is 17.0 Å². The van der Waals surface area contributed by atoms with E-state index in [9.17, 15) is 0 Å². The molecule has 1 aromatic heterocycles. The molecule has 0 N–H and O–H groups in total. The summed E-state index contributed by atoms with van der Waals surface area (Å²) in [6, 6.07) is 6.21. The summed E-state index contributed by atoms with van der Waals surface area (Å²) in [5.74, 6) is 1.62. The van der Waals surface area contributed by atoms with Crippen LogP contribution in [0.2, 0.25) is 0 Å². The third kappa shape index (κ3) is 2.51. The second-order valence-electron chi connectivity index (χ2n) is 5.07. The minimum Gasteiger partial charge on any atom is -0.493 e. The van der Waals surface area contributed by atoms with E-state index < -0.39 is 0 Å². The zero-order chi connectivity index (χ0) is 13.9. The maximum absolute atomic E-state index is 5.38. The van der Waals surface area contributed by atoms with E-state index >= 15 is 0 Å². The summed E-state index contributed by atoms with van der Waals surface area (Å²) in [6.45, 7) is 2.90. The second-order valence-corrected chi connectivity index (χ2v) is 5.07. The third-order valence-corrected chi connectivity index (χ3v) is 3.78. The van der Waals surface area contributed by atoms with Gasteiger partial charge < -0.3 is 13.9 Å². The molecule has 0 spiro atoms. The molecule has 1 aliphatic rings. The van der Waals surface area contributed by atoms with Gasteiger partial charge in [-0.05, 0) is 35.7 Å². The molecule has 4 nitrogen and oxygen atoms in total. The van der Waals surface area contributed by atoms with Gasteiger partial charge >= 0.3 is 0 Å². The van der Waals surface area contributed by atoms with E-state index in [0.29, 0.717) is 0 Å². The molecular weight excluding hydrogens is 254 g/mol. The maximum atomic E-state index is 5.38. The molecule has 1 aromatic carbocycles. The van der Waals surface area contributed by atoms with Crippen LogP contribution >= 0.6 is 0 Å². The van der Waals surface area contributed by atoms with Gasteiger partial charge in [-0.15, -0.1) is 0 Å². The number of benzene rings is 1. The van der Waals surface area contributed by atoms with Gasteiger partial charge in [0.05, 0.1) is 26.7 Å². The molecule has 0 saturated carbocycles. The third-order valence-electron chi connectivity index (χ3n) is 3.78. The number of hydrogen-bond donors (Lipinski definition) is 0. The minimum absolute atomic E-state index is 0.802. The van der Waals surface area contributed by atoms with Crippen LogP contribution in [-0.4, -0.2) is 25.7 Å². The summed E-state index contributed by atoms with van der Waals surface area (Å²) in [7, 11) is 3.36. The van der Waals surface area contributed by atoms with Crippen molar-refractivity contribution in [2.45, 2.75) is 19.5 Å². The lowest BCUT2D eigenvalue weighted by atomic mass is 9.98. The molecule has 2 heterocycles. The molecular formula is C16H19NO3. The molecule has 1 aliphatic heterocycles. The number of fused-ring (bicyclic) bond motifs is 1. The molecule has 0 fully saturated rings. The Balaban J connectivity index is 1.80. The van der Waals surface area contributed by atoms with Gasteiger partial charge in [0.15, 0.2) is 11.5 Å². The normalized spacial score (nSPS) is 14.9. The van der Waals surface area contributed by atoms with Gasteiger partial charge in [-0.1, -0.05) is 0 Å². The number of nitrogens with zero attached hydrogens (tertiary/aromatic N) is 1. The first-order chi connectivity index (χ1) is 9.80. The molecule has 0 unspecified atom stereocenters. The van der Waals surface area contributed by atoms with E-state index in [1.54, 1.807) is 20.5 Å². The number of hydrogen-bond acceptors (Lipinski definition) is 4. The van der Waals surface area contributed by atoms with Crippen molar-refractivity contribution in [3.8, 4) is 11.5 Å². The van der Waals surface area contributed by atoms with Gasteiger partial charge in [0, 0.05) is 25.2 Å². The average Bonchev–Trinajstić information content (AvgIpc) is 2.98. The predicted molar refractivity (Wildman–Crippen MR) is 76.1 cm³/mol. The summed E-state index contributed by atoms with van der Waals surface area (Å²) in [4.78, 5) is 2.42. The highest BCUT2D eigenvalue weighted by molar-refractivity contribution is 5.48. The highest BCUT2D eigenvalue weighted by Crippen LogP contribution is 2.33. The number of methoxy groups -OCH3 is 2. The first-order valence-corrected chi connectivity index (χ1v) is 6.77. The molecule has 4 heteroatoms. The van der Waals surface area contributed by atoms with Crippen LogP contribution in [0, 0.1) is 0 Å². The maximum Gasteiger partial charge on any atom is 0.161 e. The Labute approximate surface area is 118 Å². The SMILES string of the molecule is COc1cc2c(cc1OC)CN(Cc1ccoc1)CC2. The summed E-state index contributed by atoms with van der Waals surface area (Å²) in [5.41, 5.74) is 3.89. The van der Waals surface area contributed by atoms with E-state index in [0.717, 1.165) is 37.6 Å². The lowest BCUT2D eigenvalue weighted by Gasteiger charge is -2.29. The highest BCUT2D eigenvalue weighted by Gasteiger charge is 2.19. The van der Waals surface area contributed by atoms with Gasteiger partial charge in [-0.3, -0.25) is 4.90 Å². The lowest BCUT2D eigenvalue weighted by molar-refractivity contribution is 0.243. The summed E-state index contributed by atoms with van der Waals surface area (Å²) in [6.07, 6.45) is 4.57. The van der Waals surface area contributed by atoms with Crippen molar-refractivity contribution in [2.24, 2.45) is 0 Å². The van der Waals surface area contributed by atoms with Gasteiger partial charge in [0.2, 0.25) is 0 Å². The fraction of sp³-hybridized carbons (Fsp3) is 0.375. The molecule has 0 radical (unpaired) electrons. The average molecular weight is 273 g/mol. The number of furan rings is 1. The Morgan fingerprint density at radius 3 is 2.55 bits per heavy atom. The Hall–Kier alpha value is -1.94. The van der Waals surface area contributed by atoms with Crippen molar-refractivity contribution in [1.29, 1.82) is 0 Å². The molecule has 106 valence electrons. The van der Waals surface area contributed by atoms with Crippen LogP contribution in [-0.2, 0) is 19.5 Å².